The van der Waals surface area contributed by atoms with Gasteiger partial charge in [0.05, 0.1) is 30.9 Å². The largest absolute Gasteiger partial charge is 0.506 e. The summed E-state index contributed by atoms with van der Waals surface area (Å²) in [5.41, 5.74) is 3.49. The van der Waals surface area contributed by atoms with E-state index in [4.69, 9.17) is 4.74 Å². The summed E-state index contributed by atoms with van der Waals surface area (Å²) in [5, 5.41) is 10.7. The number of fused-ring (bicyclic) bond motifs is 2. The molecule has 1 aromatic carbocycles. The van der Waals surface area contributed by atoms with Gasteiger partial charge in [0.15, 0.2) is 0 Å². The molecule has 5 nitrogen and oxygen atoms in total. The first-order valence-corrected chi connectivity index (χ1v) is 9.89. The molecule has 3 saturated heterocycles. The lowest BCUT2D eigenvalue weighted by Crippen LogP contribution is -2.69. The topological polar surface area (TPSA) is 53.0 Å². The molecule has 1 amide bonds. The van der Waals surface area contributed by atoms with E-state index in [9.17, 15) is 9.90 Å². The van der Waals surface area contributed by atoms with Crippen molar-refractivity contribution in [1.29, 1.82) is 0 Å². The molecule has 5 aliphatic heterocycles. The SMILES string of the molecule is O=C1CC2OCC=C3CN4CCC56c7cccc(O)c7N1C5C2C3CC46. The van der Waals surface area contributed by atoms with Gasteiger partial charge < -0.3 is 14.7 Å². The number of carbonyl (C=O) groups is 1. The molecule has 6 atom stereocenters. The Bertz CT molecular complexity index is 895. The Morgan fingerprint density at radius 2 is 2.23 bits per heavy atom. The lowest BCUT2D eigenvalue weighted by Gasteiger charge is -2.58. The van der Waals surface area contributed by atoms with Crippen LogP contribution in [0.25, 0.3) is 0 Å². The van der Waals surface area contributed by atoms with Crippen LogP contribution < -0.4 is 4.90 Å². The van der Waals surface area contributed by atoms with Gasteiger partial charge in [-0.3, -0.25) is 9.69 Å². The standard InChI is InChI=1S/C21H22N2O3/c24-14-3-1-2-13-19(14)23-17(25)9-15-18-12-8-16-21(13,20(18)23)5-6-22(16)10-11(12)4-7-26-15/h1-4,12,15-16,18,20,24H,5-10H2. The van der Waals surface area contributed by atoms with Gasteiger partial charge in [0.2, 0.25) is 5.91 Å². The van der Waals surface area contributed by atoms with E-state index in [1.165, 1.54) is 17.6 Å². The van der Waals surface area contributed by atoms with Gasteiger partial charge in [0.1, 0.15) is 5.75 Å². The molecule has 6 aliphatic rings. The fourth-order valence-electron chi connectivity index (χ4n) is 7.57. The Kier molecular flexibility index (Phi) is 2.38. The zero-order valence-corrected chi connectivity index (χ0v) is 14.6. The predicted octanol–water partition coefficient (Wildman–Crippen LogP) is 1.80. The number of hydrogen-bond acceptors (Lipinski definition) is 4. The number of phenols is 1. The first kappa shape index (κ1) is 14.2. The van der Waals surface area contributed by atoms with Crippen LogP contribution in [0, 0.1) is 11.8 Å². The molecule has 26 heavy (non-hydrogen) atoms. The summed E-state index contributed by atoms with van der Waals surface area (Å²) in [7, 11) is 0. The number of aromatic hydroxyl groups is 1. The van der Waals surface area contributed by atoms with Gasteiger partial charge in [-0.2, -0.15) is 0 Å². The van der Waals surface area contributed by atoms with Crippen LogP contribution >= 0.6 is 0 Å². The Morgan fingerprint density at radius 1 is 1.31 bits per heavy atom. The maximum Gasteiger partial charge on any atom is 0.230 e. The van der Waals surface area contributed by atoms with Gasteiger partial charge in [-0.15, -0.1) is 0 Å². The monoisotopic (exact) mass is 350 g/mol. The van der Waals surface area contributed by atoms with Crippen molar-refractivity contribution >= 4 is 11.6 Å². The van der Waals surface area contributed by atoms with Crippen LogP contribution in [0.5, 0.6) is 5.75 Å². The van der Waals surface area contributed by atoms with Gasteiger partial charge in [-0.1, -0.05) is 23.8 Å². The minimum Gasteiger partial charge on any atom is -0.506 e. The third-order valence-electron chi connectivity index (χ3n) is 8.31. The third kappa shape index (κ3) is 1.34. The highest BCUT2D eigenvalue weighted by atomic mass is 16.5. The molecule has 7 rings (SSSR count). The number of amides is 1. The molecule has 1 aromatic rings. The molecule has 5 heterocycles. The highest BCUT2D eigenvalue weighted by Crippen LogP contribution is 2.66. The molecule has 5 heteroatoms. The van der Waals surface area contributed by atoms with Crippen molar-refractivity contribution in [1.82, 2.24) is 4.90 Å². The van der Waals surface area contributed by atoms with Crippen LogP contribution in [-0.2, 0) is 14.9 Å². The lowest BCUT2D eigenvalue weighted by molar-refractivity contribution is -0.132. The molecule has 134 valence electrons. The third-order valence-corrected chi connectivity index (χ3v) is 8.31. The van der Waals surface area contributed by atoms with Crippen molar-refractivity contribution < 1.29 is 14.6 Å². The number of ether oxygens (including phenoxy) is 1. The number of para-hydroxylation sites is 1. The summed E-state index contributed by atoms with van der Waals surface area (Å²) in [6.45, 7) is 2.77. The Hall–Kier alpha value is -1.85. The number of rotatable bonds is 0. The minimum absolute atomic E-state index is 0.0175. The Labute approximate surface area is 152 Å². The first-order valence-electron chi connectivity index (χ1n) is 9.89. The fraction of sp³-hybridized carbons (Fsp3) is 0.571. The van der Waals surface area contributed by atoms with Crippen molar-refractivity contribution in [2.24, 2.45) is 11.8 Å². The van der Waals surface area contributed by atoms with E-state index in [-0.39, 0.29) is 29.2 Å². The molecule has 4 fully saturated rings. The van der Waals surface area contributed by atoms with Gasteiger partial charge in [-0.25, -0.2) is 0 Å². The van der Waals surface area contributed by atoms with Crippen LogP contribution in [0.2, 0.25) is 0 Å². The molecule has 2 bridgehead atoms. The summed E-state index contributed by atoms with van der Waals surface area (Å²) in [5.74, 6) is 1.26. The van der Waals surface area contributed by atoms with Gasteiger partial charge in [0.25, 0.3) is 0 Å². The number of anilines is 1. The van der Waals surface area contributed by atoms with Gasteiger partial charge >= 0.3 is 0 Å². The number of benzene rings is 1. The second-order valence-corrected chi connectivity index (χ2v) is 8.93. The van der Waals surface area contributed by atoms with E-state index in [1.54, 1.807) is 6.07 Å². The number of hydrogen-bond donors (Lipinski definition) is 1. The number of nitrogens with zero attached hydrogens (tertiary/aromatic N) is 2. The van der Waals surface area contributed by atoms with E-state index in [1.807, 2.05) is 11.0 Å². The summed E-state index contributed by atoms with van der Waals surface area (Å²) >= 11 is 0. The summed E-state index contributed by atoms with van der Waals surface area (Å²) in [6.07, 6.45) is 5.00. The predicted molar refractivity (Wildman–Crippen MR) is 95.1 cm³/mol. The van der Waals surface area contributed by atoms with Crippen LogP contribution in [0.4, 0.5) is 5.69 Å². The molecule has 0 aromatic heterocycles. The second-order valence-electron chi connectivity index (χ2n) is 8.93. The van der Waals surface area contributed by atoms with Crippen LogP contribution in [0.3, 0.4) is 0 Å². The summed E-state index contributed by atoms with van der Waals surface area (Å²) in [6, 6.07) is 6.46. The van der Waals surface area contributed by atoms with Crippen LogP contribution in [0.1, 0.15) is 24.8 Å². The zero-order valence-electron chi connectivity index (χ0n) is 14.6. The number of phenolic OH excluding ortho intramolecular Hbond substituents is 1. The summed E-state index contributed by atoms with van der Waals surface area (Å²) < 4.78 is 6.22. The van der Waals surface area contributed by atoms with Crippen molar-refractivity contribution in [3.63, 3.8) is 0 Å². The molecular weight excluding hydrogens is 328 g/mol. The van der Waals surface area contributed by atoms with E-state index in [0.29, 0.717) is 30.9 Å². The number of piperidine rings is 2. The molecule has 1 spiro atoms. The van der Waals surface area contributed by atoms with Crippen molar-refractivity contribution in [2.75, 3.05) is 24.6 Å². The first-order chi connectivity index (χ1) is 12.7. The van der Waals surface area contributed by atoms with E-state index in [0.717, 1.165) is 25.2 Å². The van der Waals surface area contributed by atoms with E-state index >= 15 is 0 Å². The summed E-state index contributed by atoms with van der Waals surface area (Å²) in [4.78, 5) is 17.8. The quantitative estimate of drug-likeness (QED) is 0.725. The maximum atomic E-state index is 13.2. The van der Waals surface area contributed by atoms with Crippen LogP contribution in [-0.4, -0.2) is 53.8 Å². The van der Waals surface area contributed by atoms with E-state index < -0.39 is 0 Å². The highest BCUT2D eigenvalue weighted by Gasteiger charge is 2.71. The lowest BCUT2D eigenvalue weighted by atomic mass is 9.53. The Morgan fingerprint density at radius 3 is 3.15 bits per heavy atom. The normalized spacial score (nSPS) is 44.6. The average Bonchev–Trinajstić information content (AvgIpc) is 3.10. The fourth-order valence-corrected chi connectivity index (χ4v) is 7.57. The second kappa shape index (κ2) is 4.34. The van der Waals surface area contributed by atoms with Crippen molar-refractivity contribution in [3.8, 4) is 5.75 Å². The maximum absolute atomic E-state index is 13.2. The van der Waals surface area contributed by atoms with Gasteiger partial charge in [0, 0.05) is 23.9 Å². The molecule has 1 aliphatic carbocycles. The molecular formula is C21H22N2O3. The highest BCUT2D eigenvalue weighted by molar-refractivity contribution is 6.00. The molecule has 0 radical (unpaired) electrons. The average molecular weight is 350 g/mol. The molecule has 1 saturated carbocycles. The van der Waals surface area contributed by atoms with Gasteiger partial charge in [-0.05, 0) is 36.9 Å². The van der Waals surface area contributed by atoms with Crippen molar-refractivity contribution in [2.45, 2.75) is 42.9 Å². The molecule has 6 unspecified atom stereocenters. The van der Waals surface area contributed by atoms with Crippen LogP contribution in [0.15, 0.2) is 29.8 Å². The minimum atomic E-state index is -0.0389. The Balaban J connectivity index is 1.56. The number of carbonyl (C=O) groups excluding carboxylic acids is 1. The van der Waals surface area contributed by atoms with Crippen molar-refractivity contribution in [3.05, 3.63) is 35.4 Å². The zero-order chi connectivity index (χ0) is 17.2. The molecule has 1 N–H and O–H groups in total. The van der Waals surface area contributed by atoms with E-state index in [2.05, 4.69) is 17.0 Å². The smallest absolute Gasteiger partial charge is 0.230 e.